The molecule has 3 N–H and O–H groups in total. The Kier molecular flexibility index (Phi) is 4.40. The fraction of sp³-hybridized carbons (Fsp3) is 0.0667. The van der Waals surface area contributed by atoms with E-state index in [2.05, 4.69) is 10.5 Å². The summed E-state index contributed by atoms with van der Waals surface area (Å²) < 4.78 is 5.15. The van der Waals surface area contributed by atoms with Crippen molar-refractivity contribution in [2.24, 2.45) is 5.10 Å². The molecule has 0 aromatic heterocycles. The maximum atomic E-state index is 11.8. The van der Waals surface area contributed by atoms with E-state index in [4.69, 9.17) is 9.84 Å². The standard InChI is InChI=1S/C15H14N2O4/c1-21-14-5-3-2-4-10(14)9-16-17-15(20)12-7-6-11(18)8-13(12)19/h2-9,18-19H,1H3,(H,17,20)/b16-9-. The van der Waals surface area contributed by atoms with E-state index in [0.717, 1.165) is 6.07 Å². The molecule has 108 valence electrons. The van der Waals surface area contributed by atoms with Crippen molar-refractivity contribution in [2.75, 3.05) is 7.11 Å². The summed E-state index contributed by atoms with van der Waals surface area (Å²) in [5.41, 5.74) is 3.01. The van der Waals surface area contributed by atoms with Gasteiger partial charge in [-0.25, -0.2) is 5.43 Å². The molecule has 0 spiro atoms. The smallest absolute Gasteiger partial charge is 0.275 e. The average Bonchev–Trinajstić information content (AvgIpc) is 2.47. The summed E-state index contributed by atoms with van der Waals surface area (Å²) in [7, 11) is 1.54. The van der Waals surface area contributed by atoms with Crippen LogP contribution in [-0.4, -0.2) is 29.4 Å². The predicted molar refractivity (Wildman–Crippen MR) is 77.8 cm³/mol. The molecule has 0 heterocycles. The fourth-order valence-electron chi connectivity index (χ4n) is 1.71. The molecule has 1 amide bonds. The van der Waals surface area contributed by atoms with Gasteiger partial charge in [0.2, 0.25) is 0 Å². The molecular weight excluding hydrogens is 272 g/mol. The van der Waals surface area contributed by atoms with Gasteiger partial charge in [0, 0.05) is 11.6 Å². The Morgan fingerprint density at radius 2 is 2.00 bits per heavy atom. The summed E-state index contributed by atoms with van der Waals surface area (Å²) in [5.74, 6) is -0.400. The van der Waals surface area contributed by atoms with E-state index in [-0.39, 0.29) is 17.1 Å². The highest BCUT2D eigenvalue weighted by Gasteiger charge is 2.10. The van der Waals surface area contributed by atoms with Crippen LogP contribution >= 0.6 is 0 Å². The predicted octanol–water partition coefficient (Wildman–Crippen LogP) is 1.87. The molecule has 6 heteroatoms. The molecule has 0 saturated heterocycles. The van der Waals surface area contributed by atoms with Crippen molar-refractivity contribution in [3.63, 3.8) is 0 Å². The highest BCUT2D eigenvalue weighted by atomic mass is 16.5. The zero-order valence-corrected chi connectivity index (χ0v) is 11.3. The largest absolute Gasteiger partial charge is 0.508 e. The lowest BCUT2D eigenvalue weighted by atomic mass is 10.2. The maximum Gasteiger partial charge on any atom is 0.275 e. The molecule has 0 atom stereocenters. The Bertz CT molecular complexity index is 683. The Labute approximate surface area is 121 Å². The third kappa shape index (κ3) is 3.50. The third-order valence-corrected chi connectivity index (χ3v) is 2.73. The van der Waals surface area contributed by atoms with Crippen LogP contribution in [-0.2, 0) is 0 Å². The van der Waals surface area contributed by atoms with Crippen LogP contribution < -0.4 is 10.2 Å². The van der Waals surface area contributed by atoms with Gasteiger partial charge in [0.1, 0.15) is 17.2 Å². The number of hydrogen-bond donors (Lipinski definition) is 3. The minimum Gasteiger partial charge on any atom is -0.508 e. The number of para-hydroxylation sites is 1. The molecule has 0 radical (unpaired) electrons. The van der Waals surface area contributed by atoms with E-state index in [9.17, 15) is 9.90 Å². The first-order chi connectivity index (χ1) is 10.1. The van der Waals surface area contributed by atoms with E-state index in [1.807, 2.05) is 12.1 Å². The van der Waals surface area contributed by atoms with E-state index in [1.54, 1.807) is 19.2 Å². The molecule has 0 aliphatic carbocycles. The molecule has 0 fully saturated rings. The number of benzene rings is 2. The number of hydrogen-bond acceptors (Lipinski definition) is 5. The number of phenols is 2. The average molecular weight is 286 g/mol. The summed E-state index contributed by atoms with van der Waals surface area (Å²) in [6.45, 7) is 0. The number of ether oxygens (including phenoxy) is 1. The van der Waals surface area contributed by atoms with Gasteiger partial charge < -0.3 is 14.9 Å². The topological polar surface area (TPSA) is 91.2 Å². The van der Waals surface area contributed by atoms with Gasteiger partial charge in [0.05, 0.1) is 18.9 Å². The summed E-state index contributed by atoms with van der Waals surface area (Å²) >= 11 is 0. The van der Waals surface area contributed by atoms with Crippen molar-refractivity contribution in [1.82, 2.24) is 5.43 Å². The van der Waals surface area contributed by atoms with Crippen molar-refractivity contribution in [3.8, 4) is 17.2 Å². The van der Waals surface area contributed by atoms with Gasteiger partial charge in [-0.2, -0.15) is 5.10 Å². The zero-order chi connectivity index (χ0) is 15.2. The second kappa shape index (κ2) is 6.42. The van der Waals surface area contributed by atoms with E-state index < -0.39 is 5.91 Å². The number of phenolic OH excluding ortho intramolecular Hbond substituents is 2. The minimum atomic E-state index is -0.585. The summed E-state index contributed by atoms with van der Waals surface area (Å²) in [4.78, 5) is 11.8. The molecular formula is C15H14N2O4. The molecule has 0 unspecified atom stereocenters. The van der Waals surface area contributed by atoms with Crippen molar-refractivity contribution in [3.05, 3.63) is 53.6 Å². The molecule has 2 aromatic carbocycles. The van der Waals surface area contributed by atoms with Gasteiger partial charge in [0.25, 0.3) is 5.91 Å². The molecule has 6 nitrogen and oxygen atoms in total. The number of aromatic hydroxyl groups is 2. The summed E-state index contributed by atoms with van der Waals surface area (Å²) in [6, 6.07) is 10.9. The highest BCUT2D eigenvalue weighted by Crippen LogP contribution is 2.22. The van der Waals surface area contributed by atoms with Gasteiger partial charge in [-0.3, -0.25) is 4.79 Å². The van der Waals surface area contributed by atoms with Crippen molar-refractivity contribution in [2.45, 2.75) is 0 Å². The second-order valence-corrected chi connectivity index (χ2v) is 4.14. The molecule has 2 rings (SSSR count). The van der Waals surface area contributed by atoms with Crippen LogP contribution in [0.5, 0.6) is 17.2 Å². The van der Waals surface area contributed by atoms with E-state index in [0.29, 0.717) is 11.3 Å². The lowest BCUT2D eigenvalue weighted by Crippen LogP contribution is -2.17. The number of methoxy groups -OCH3 is 1. The fourth-order valence-corrected chi connectivity index (χ4v) is 1.71. The van der Waals surface area contributed by atoms with Crippen molar-refractivity contribution in [1.29, 1.82) is 0 Å². The Hall–Kier alpha value is -3.02. The number of carbonyl (C=O) groups is 1. The Balaban J connectivity index is 2.08. The number of hydrazone groups is 1. The number of nitrogens with zero attached hydrogens (tertiary/aromatic N) is 1. The molecule has 0 aliphatic heterocycles. The van der Waals surface area contributed by atoms with Gasteiger partial charge in [-0.15, -0.1) is 0 Å². The first-order valence-electron chi connectivity index (χ1n) is 6.10. The first-order valence-corrected chi connectivity index (χ1v) is 6.10. The first kappa shape index (κ1) is 14.4. The molecule has 0 aliphatic rings. The van der Waals surface area contributed by atoms with Crippen LogP contribution in [0, 0.1) is 0 Å². The summed E-state index contributed by atoms with van der Waals surface area (Å²) in [5, 5.41) is 22.5. The lowest BCUT2D eigenvalue weighted by Gasteiger charge is -2.04. The number of rotatable bonds is 4. The normalized spacial score (nSPS) is 10.5. The molecule has 21 heavy (non-hydrogen) atoms. The highest BCUT2D eigenvalue weighted by molar-refractivity contribution is 5.97. The number of nitrogens with one attached hydrogen (secondary N) is 1. The Morgan fingerprint density at radius 3 is 2.71 bits per heavy atom. The monoisotopic (exact) mass is 286 g/mol. The molecule has 2 aromatic rings. The van der Waals surface area contributed by atoms with Crippen molar-refractivity contribution >= 4 is 12.1 Å². The second-order valence-electron chi connectivity index (χ2n) is 4.14. The van der Waals surface area contributed by atoms with Crippen LogP contribution in [0.15, 0.2) is 47.6 Å². The van der Waals surface area contributed by atoms with Crippen LogP contribution in [0.1, 0.15) is 15.9 Å². The lowest BCUT2D eigenvalue weighted by molar-refractivity contribution is 0.0952. The van der Waals surface area contributed by atoms with Crippen LogP contribution in [0.25, 0.3) is 0 Å². The SMILES string of the molecule is COc1ccccc1/C=N\NC(=O)c1ccc(O)cc1O. The number of carbonyl (C=O) groups excluding carboxylic acids is 1. The molecule has 0 saturated carbocycles. The maximum absolute atomic E-state index is 11.8. The zero-order valence-electron chi connectivity index (χ0n) is 11.3. The summed E-state index contributed by atoms with van der Waals surface area (Å²) in [6.07, 6.45) is 1.44. The van der Waals surface area contributed by atoms with Gasteiger partial charge in [-0.1, -0.05) is 12.1 Å². The van der Waals surface area contributed by atoms with Gasteiger partial charge in [0.15, 0.2) is 0 Å². The van der Waals surface area contributed by atoms with E-state index in [1.165, 1.54) is 18.3 Å². The van der Waals surface area contributed by atoms with Gasteiger partial charge >= 0.3 is 0 Å². The van der Waals surface area contributed by atoms with Crippen LogP contribution in [0.3, 0.4) is 0 Å². The quantitative estimate of drug-likeness (QED) is 0.591. The minimum absolute atomic E-state index is 0.0185. The Morgan fingerprint density at radius 1 is 1.24 bits per heavy atom. The third-order valence-electron chi connectivity index (χ3n) is 2.73. The van der Waals surface area contributed by atoms with Crippen LogP contribution in [0.4, 0.5) is 0 Å². The van der Waals surface area contributed by atoms with E-state index >= 15 is 0 Å². The number of amides is 1. The van der Waals surface area contributed by atoms with Crippen LogP contribution in [0.2, 0.25) is 0 Å². The molecule has 0 bridgehead atoms. The van der Waals surface area contributed by atoms with Crippen molar-refractivity contribution < 1.29 is 19.7 Å². The van der Waals surface area contributed by atoms with Gasteiger partial charge in [-0.05, 0) is 24.3 Å².